The highest BCUT2D eigenvalue weighted by Crippen LogP contribution is 2.34. The molecule has 3 aromatic carbocycles. The summed E-state index contributed by atoms with van der Waals surface area (Å²) in [6.07, 6.45) is 0. The Kier molecular flexibility index (Phi) is 7.38. The number of rotatable bonds is 2. The molecular formula is C21H18BI3P2. The van der Waals surface area contributed by atoms with Gasteiger partial charge in [0.05, 0.1) is 0 Å². The lowest BCUT2D eigenvalue weighted by molar-refractivity contribution is 1.39. The molecule has 0 spiro atoms. The lowest BCUT2D eigenvalue weighted by Crippen LogP contribution is -2.20. The van der Waals surface area contributed by atoms with E-state index in [0.717, 1.165) is 14.6 Å². The number of hydrogen-bond acceptors (Lipinski definition) is 0. The van der Waals surface area contributed by atoms with E-state index in [0.29, 0.717) is 0 Å². The Hall–Kier alpha value is 0.775. The molecule has 0 aliphatic rings. The minimum atomic E-state index is 0.878. The van der Waals surface area contributed by atoms with E-state index >= 15 is 0 Å². The molecule has 0 bridgehead atoms. The van der Waals surface area contributed by atoms with E-state index in [1.165, 1.54) is 51.1 Å². The molecule has 0 nitrogen and oxygen atoms in total. The van der Waals surface area contributed by atoms with Gasteiger partial charge in [0.25, 0.3) is 0 Å². The van der Waals surface area contributed by atoms with Crippen LogP contribution in [0.2, 0.25) is 0 Å². The van der Waals surface area contributed by atoms with E-state index in [1.54, 1.807) is 0 Å². The Bertz CT molecular complexity index is 1030. The molecule has 0 heterocycles. The lowest BCUT2D eigenvalue weighted by atomic mass is 9.85. The summed E-state index contributed by atoms with van der Waals surface area (Å²) in [5.74, 6) is 0. The maximum absolute atomic E-state index is 6.28. The first-order valence-corrected chi connectivity index (χ1v) is 12.7. The van der Waals surface area contributed by atoms with Crippen LogP contribution in [0.4, 0.5) is 0 Å². The summed E-state index contributed by atoms with van der Waals surface area (Å²) in [6.45, 7) is 6.41. The Morgan fingerprint density at radius 3 is 1.78 bits per heavy atom. The van der Waals surface area contributed by atoms with E-state index < -0.39 is 0 Å². The van der Waals surface area contributed by atoms with Gasteiger partial charge >= 0.3 is 0 Å². The predicted octanol–water partition coefficient (Wildman–Crippen LogP) is 5.55. The van der Waals surface area contributed by atoms with E-state index in [-0.39, 0.29) is 0 Å². The van der Waals surface area contributed by atoms with Crippen molar-refractivity contribution in [2.24, 2.45) is 0 Å². The van der Waals surface area contributed by atoms with Gasteiger partial charge < -0.3 is 0 Å². The van der Waals surface area contributed by atoms with Crippen LogP contribution in [0.15, 0.2) is 30.3 Å². The fraction of sp³-hybridized carbons (Fsp3) is 0.143. The molecule has 0 aromatic heterocycles. The van der Waals surface area contributed by atoms with Crippen molar-refractivity contribution in [3.05, 3.63) is 57.7 Å². The van der Waals surface area contributed by atoms with Gasteiger partial charge in [-0.15, -0.1) is 18.5 Å². The van der Waals surface area contributed by atoms with Crippen molar-refractivity contribution >= 4 is 110 Å². The largest absolute Gasteiger partial charge is 0.115 e. The van der Waals surface area contributed by atoms with Crippen LogP contribution in [0.1, 0.15) is 16.7 Å². The van der Waals surface area contributed by atoms with E-state index in [2.05, 4.69) is 137 Å². The second-order valence-electron chi connectivity index (χ2n) is 6.65. The minimum absolute atomic E-state index is 0.878. The molecule has 2 radical (unpaired) electrons. The molecule has 3 aromatic rings. The average Bonchev–Trinajstić information content (AvgIpc) is 2.64. The zero-order chi connectivity index (χ0) is 20.0. The van der Waals surface area contributed by atoms with Crippen molar-refractivity contribution < 1.29 is 0 Å². The Labute approximate surface area is 208 Å². The third-order valence-electron chi connectivity index (χ3n) is 4.88. The fourth-order valence-corrected chi connectivity index (χ4v) is 7.38. The third kappa shape index (κ3) is 4.17. The van der Waals surface area contributed by atoms with Crippen LogP contribution in [0.5, 0.6) is 0 Å². The molecule has 27 heavy (non-hydrogen) atoms. The smallest absolute Gasteiger partial charge is 0.105 e. The summed E-state index contributed by atoms with van der Waals surface area (Å²) >= 11 is 7.29. The second-order valence-corrected chi connectivity index (χ2v) is 11.0. The molecule has 2 unspecified atom stereocenters. The summed E-state index contributed by atoms with van der Waals surface area (Å²) in [6, 6.07) is 11.0. The molecule has 0 aliphatic heterocycles. The van der Waals surface area contributed by atoms with Crippen LogP contribution in [-0.4, -0.2) is 7.85 Å². The third-order valence-corrected chi connectivity index (χ3v) is 11.1. The highest BCUT2D eigenvalue weighted by Gasteiger charge is 2.17. The molecular weight excluding hydrogens is 706 g/mol. The van der Waals surface area contributed by atoms with Crippen molar-refractivity contribution in [2.75, 3.05) is 0 Å². The molecule has 3 rings (SSSR count). The zero-order valence-electron chi connectivity index (χ0n) is 15.3. The van der Waals surface area contributed by atoms with Gasteiger partial charge in [-0.3, -0.25) is 0 Å². The first-order chi connectivity index (χ1) is 12.6. The van der Waals surface area contributed by atoms with Gasteiger partial charge in [-0.25, -0.2) is 0 Å². The SMILES string of the molecule is [B]c1c(C)cc(C)c(-c2ccc(-c3c(P)c(P)c(C)c(I)c3I)cc2)c1I. The number of aryl methyl sites for hydroxylation is 2. The Morgan fingerprint density at radius 2 is 1.22 bits per heavy atom. The first-order valence-electron chi connectivity index (χ1n) is 8.33. The van der Waals surface area contributed by atoms with Crippen molar-refractivity contribution in [1.82, 2.24) is 0 Å². The van der Waals surface area contributed by atoms with Crippen LogP contribution >= 0.6 is 86.3 Å². The van der Waals surface area contributed by atoms with Gasteiger partial charge in [-0.05, 0) is 127 Å². The maximum atomic E-state index is 6.28. The molecule has 0 fully saturated rings. The van der Waals surface area contributed by atoms with Gasteiger partial charge in [0.1, 0.15) is 7.85 Å². The monoisotopic (exact) mass is 724 g/mol. The highest BCUT2D eigenvalue weighted by molar-refractivity contribution is 14.1. The van der Waals surface area contributed by atoms with Gasteiger partial charge in [0, 0.05) is 16.3 Å². The summed E-state index contributed by atoms with van der Waals surface area (Å²) < 4.78 is 3.76. The minimum Gasteiger partial charge on any atom is -0.105 e. The molecule has 0 N–H and O–H groups in total. The predicted molar refractivity (Wildman–Crippen MR) is 154 cm³/mol. The van der Waals surface area contributed by atoms with Crippen molar-refractivity contribution in [1.29, 1.82) is 0 Å². The van der Waals surface area contributed by atoms with Gasteiger partial charge in [-0.2, -0.15) is 0 Å². The van der Waals surface area contributed by atoms with Crippen LogP contribution in [0, 0.1) is 31.5 Å². The lowest BCUT2D eigenvalue weighted by Gasteiger charge is -2.18. The van der Waals surface area contributed by atoms with Gasteiger partial charge in [0.15, 0.2) is 0 Å². The Balaban J connectivity index is 2.16. The summed E-state index contributed by atoms with van der Waals surface area (Å²) in [7, 11) is 12.1. The number of halogens is 3. The van der Waals surface area contributed by atoms with Crippen LogP contribution < -0.4 is 16.1 Å². The molecule has 6 heteroatoms. The van der Waals surface area contributed by atoms with Gasteiger partial charge in [-0.1, -0.05) is 41.4 Å². The summed E-state index contributed by atoms with van der Waals surface area (Å²) in [5, 5.41) is 2.51. The molecule has 136 valence electrons. The second kappa shape index (κ2) is 8.87. The van der Waals surface area contributed by atoms with Crippen LogP contribution in [0.25, 0.3) is 22.3 Å². The average molecular weight is 724 g/mol. The van der Waals surface area contributed by atoms with Crippen LogP contribution in [-0.2, 0) is 0 Å². The number of hydrogen-bond donors (Lipinski definition) is 0. The van der Waals surface area contributed by atoms with Crippen molar-refractivity contribution in [2.45, 2.75) is 20.8 Å². The maximum Gasteiger partial charge on any atom is 0.115 e. The summed E-state index contributed by atoms with van der Waals surface area (Å²) in [4.78, 5) is 0. The topological polar surface area (TPSA) is 0 Å². The Morgan fingerprint density at radius 1 is 0.704 bits per heavy atom. The molecule has 0 saturated heterocycles. The quantitative estimate of drug-likeness (QED) is 0.185. The normalized spacial score (nSPS) is 11.1. The number of benzene rings is 3. The molecule has 2 atom stereocenters. The first kappa shape index (κ1) is 22.5. The highest BCUT2D eigenvalue weighted by atomic mass is 127. The summed E-state index contributed by atoms with van der Waals surface area (Å²) in [5.41, 5.74) is 9.58. The van der Waals surface area contributed by atoms with E-state index in [4.69, 9.17) is 7.85 Å². The van der Waals surface area contributed by atoms with Gasteiger partial charge in [0.2, 0.25) is 0 Å². The van der Waals surface area contributed by atoms with E-state index in [9.17, 15) is 0 Å². The van der Waals surface area contributed by atoms with Crippen molar-refractivity contribution in [3.8, 4) is 22.3 Å². The zero-order valence-corrected chi connectivity index (χ0v) is 24.0. The van der Waals surface area contributed by atoms with Crippen LogP contribution in [0.3, 0.4) is 0 Å². The molecule has 0 amide bonds. The van der Waals surface area contributed by atoms with Crippen molar-refractivity contribution in [3.63, 3.8) is 0 Å². The molecule has 0 aliphatic carbocycles. The standard InChI is InChI=1S/C21H18BI3P2/c1-9-8-10(2)16(22)18(24)14(9)12-4-6-13(7-5-12)15-19(25)17(23)11(3)20(26)21(15)27/h4-8H,26-27H2,1-3H3. The fourth-order valence-electron chi connectivity index (χ4n) is 3.24. The van der Waals surface area contributed by atoms with E-state index in [1.807, 2.05) is 0 Å². The molecule has 0 saturated carbocycles.